The summed E-state index contributed by atoms with van der Waals surface area (Å²) < 4.78 is 22.6. The Morgan fingerprint density at radius 3 is 2.24 bits per heavy atom. The zero-order valence-corrected chi connectivity index (χ0v) is 22.3. The second kappa shape index (κ2) is 11.4. The summed E-state index contributed by atoms with van der Waals surface area (Å²) in [7, 11) is 4.40. The van der Waals surface area contributed by atoms with Crippen LogP contribution >= 0.6 is 0 Å². The quantitative estimate of drug-likeness (QED) is 0.457. The smallest absolute Gasteiger partial charge is 0.408 e. The molecule has 0 radical (unpaired) electrons. The molecule has 9 heteroatoms. The van der Waals surface area contributed by atoms with Crippen LogP contribution in [0.25, 0.3) is 10.9 Å². The number of benzene rings is 2. The van der Waals surface area contributed by atoms with Gasteiger partial charge in [0.25, 0.3) is 5.56 Å². The number of ether oxygens (including phenoxy) is 4. The monoisotopic (exact) mass is 510 g/mol. The molecule has 1 heterocycles. The van der Waals surface area contributed by atoms with Crippen molar-refractivity contribution in [3.63, 3.8) is 0 Å². The van der Waals surface area contributed by atoms with Crippen LogP contribution in [0.15, 0.2) is 47.3 Å². The molecule has 1 N–H and O–H groups in total. The van der Waals surface area contributed by atoms with Gasteiger partial charge in [0.05, 0.1) is 33.4 Å². The molecule has 3 aromatic rings. The predicted molar refractivity (Wildman–Crippen MR) is 140 cm³/mol. The van der Waals surface area contributed by atoms with Crippen molar-refractivity contribution in [2.24, 2.45) is 0 Å². The number of hydrogen-bond acceptors (Lipinski definition) is 7. The van der Waals surface area contributed by atoms with Gasteiger partial charge in [-0.1, -0.05) is 12.1 Å². The molecule has 0 fully saturated rings. The fourth-order valence-electron chi connectivity index (χ4n) is 4.01. The van der Waals surface area contributed by atoms with E-state index in [1.165, 1.54) is 7.11 Å². The first-order valence-corrected chi connectivity index (χ1v) is 11.9. The van der Waals surface area contributed by atoms with Crippen LogP contribution in [0, 0.1) is 6.92 Å². The molecule has 0 aliphatic rings. The summed E-state index contributed by atoms with van der Waals surface area (Å²) in [5.41, 5.74) is 1.78. The number of aryl methyl sites for hydroxylation is 1. The van der Waals surface area contributed by atoms with Gasteiger partial charge in [0, 0.05) is 17.4 Å². The topological polar surface area (TPSA) is 105 Å². The molecule has 1 aromatic heterocycles. The Kier molecular flexibility index (Phi) is 8.47. The van der Waals surface area contributed by atoms with E-state index in [9.17, 15) is 14.4 Å². The summed E-state index contributed by atoms with van der Waals surface area (Å²) in [6.45, 7) is 7.36. The maximum absolute atomic E-state index is 13.7. The van der Waals surface area contributed by atoms with E-state index >= 15 is 0 Å². The number of esters is 1. The van der Waals surface area contributed by atoms with Crippen LogP contribution in [-0.2, 0) is 27.2 Å². The van der Waals surface area contributed by atoms with E-state index in [0.29, 0.717) is 23.6 Å². The van der Waals surface area contributed by atoms with Gasteiger partial charge >= 0.3 is 12.1 Å². The molecule has 9 nitrogen and oxygen atoms in total. The average Bonchev–Trinajstić information content (AvgIpc) is 2.84. The third-order valence-electron chi connectivity index (χ3n) is 5.78. The second-order valence-corrected chi connectivity index (χ2v) is 9.72. The number of amides is 1. The molecule has 37 heavy (non-hydrogen) atoms. The molecule has 0 aliphatic heterocycles. The molecule has 198 valence electrons. The Morgan fingerprint density at radius 2 is 1.68 bits per heavy atom. The number of pyridine rings is 1. The predicted octanol–water partition coefficient (Wildman–Crippen LogP) is 3.98. The van der Waals surface area contributed by atoms with Crippen molar-refractivity contribution < 1.29 is 28.5 Å². The van der Waals surface area contributed by atoms with E-state index in [1.807, 2.05) is 43.3 Å². The molecule has 0 unspecified atom stereocenters. The zero-order chi connectivity index (χ0) is 27.3. The fourth-order valence-corrected chi connectivity index (χ4v) is 4.01. The van der Waals surface area contributed by atoms with Gasteiger partial charge < -0.3 is 28.8 Å². The van der Waals surface area contributed by atoms with E-state index in [1.54, 1.807) is 45.6 Å². The standard InChI is InChI=1S/C28H34N2O7/c1-17-12-23-19(15-24(17)35-6)13-20(14-22(26(32)36-7)29-27(33)37-28(2,3)4)25(31)30(23)16-18-8-10-21(34-5)11-9-18/h8-13,15,22H,14,16H2,1-7H3,(H,29,33)/t22-/m0/s1. The third-order valence-corrected chi connectivity index (χ3v) is 5.78. The molecule has 0 saturated carbocycles. The normalized spacial score (nSPS) is 12.1. The molecule has 0 aliphatic carbocycles. The van der Waals surface area contributed by atoms with Gasteiger partial charge in [-0.2, -0.15) is 0 Å². The number of carbonyl (C=O) groups excluding carboxylic acids is 2. The summed E-state index contributed by atoms with van der Waals surface area (Å²) in [5.74, 6) is 0.697. The number of nitrogens with one attached hydrogen (secondary N) is 1. The summed E-state index contributed by atoms with van der Waals surface area (Å²) in [4.78, 5) is 38.7. The van der Waals surface area contributed by atoms with Crippen molar-refractivity contribution in [2.75, 3.05) is 21.3 Å². The summed E-state index contributed by atoms with van der Waals surface area (Å²) in [5, 5.41) is 3.30. The molecular formula is C28H34N2O7. The first-order valence-electron chi connectivity index (χ1n) is 11.9. The number of nitrogens with zero attached hydrogens (tertiary/aromatic N) is 1. The Morgan fingerprint density at radius 1 is 1.00 bits per heavy atom. The summed E-state index contributed by atoms with van der Waals surface area (Å²) >= 11 is 0. The van der Waals surface area contributed by atoms with Crippen molar-refractivity contribution in [3.05, 3.63) is 69.5 Å². The highest BCUT2D eigenvalue weighted by Crippen LogP contribution is 2.26. The van der Waals surface area contributed by atoms with Gasteiger partial charge in [-0.25, -0.2) is 9.59 Å². The molecule has 0 saturated heterocycles. The molecule has 0 bridgehead atoms. The Labute approximate surface area is 216 Å². The first-order chi connectivity index (χ1) is 17.4. The minimum atomic E-state index is -1.12. The van der Waals surface area contributed by atoms with Crippen molar-refractivity contribution in [1.29, 1.82) is 0 Å². The van der Waals surface area contributed by atoms with Gasteiger partial charge in [0.1, 0.15) is 23.1 Å². The van der Waals surface area contributed by atoms with Gasteiger partial charge in [-0.05, 0) is 69.2 Å². The lowest BCUT2D eigenvalue weighted by Crippen LogP contribution is -2.46. The lowest BCUT2D eigenvalue weighted by Gasteiger charge is -2.23. The van der Waals surface area contributed by atoms with Gasteiger partial charge in [0.2, 0.25) is 0 Å². The number of hydrogen-bond donors (Lipinski definition) is 1. The number of carbonyl (C=O) groups is 2. The van der Waals surface area contributed by atoms with Crippen LogP contribution < -0.4 is 20.3 Å². The zero-order valence-electron chi connectivity index (χ0n) is 22.3. The van der Waals surface area contributed by atoms with Gasteiger partial charge in [0.15, 0.2) is 0 Å². The lowest BCUT2D eigenvalue weighted by atomic mass is 10.0. The highest BCUT2D eigenvalue weighted by molar-refractivity contribution is 5.84. The van der Waals surface area contributed by atoms with E-state index in [2.05, 4.69) is 5.32 Å². The van der Waals surface area contributed by atoms with Crippen LogP contribution in [0.4, 0.5) is 4.79 Å². The third kappa shape index (κ3) is 6.81. The average molecular weight is 511 g/mol. The number of rotatable bonds is 8. The minimum absolute atomic E-state index is 0.0838. The number of aromatic nitrogens is 1. The van der Waals surface area contributed by atoms with Crippen molar-refractivity contribution in [2.45, 2.75) is 52.3 Å². The number of alkyl carbamates (subject to hydrolysis) is 1. The first kappa shape index (κ1) is 27.6. The van der Waals surface area contributed by atoms with E-state index in [-0.39, 0.29) is 12.0 Å². The highest BCUT2D eigenvalue weighted by atomic mass is 16.6. The SMILES string of the molecule is COC(=O)[C@H](Cc1cc2cc(OC)c(C)cc2n(Cc2ccc(OC)cc2)c1=O)NC(=O)OC(C)(C)C. The van der Waals surface area contributed by atoms with E-state index < -0.39 is 23.7 Å². The number of fused-ring (bicyclic) bond motifs is 1. The van der Waals surface area contributed by atoms with E-state index in [4.69, 9.17) is 18.9 Å². The minimum Gasteiger partial charge on any atom is -0.497 e. The maximum atomic E-state index is 13.7. The van der Waals surface area contributed by atoms with Crippen LogP contribution in [0.3, 0.4) is 0 Å². The molecule has 1 amide bonds. The molecule has 0 spiro atoms. The molecule has 2 aromatic carbocycles. The largest absolute Gasteiger partial charge is 0.497 e. The van der Waals surface area contributed by atoms with Crippen LogP contribution in [0.2, 0.25) is 0 Å². The Bertz CT molecular complexity index is 1340. The Hall–Kier alpha value is -4.01. The molecule has 3 rings (SSSR count). The van der Waals surface area contributed by atoms with Crippen LogP contribution in [-0.4, -0.2) is 49.6 Å². The second-order valence-electron chi connectivity index (χ2n) is 9.72. The van der Waals surface area contributed by atoms with Crippen LogP contribution in [0.5, 0.6) is 11.5 Å². The summed E-state index contributed by atoms with van der Waals surface area (Å²) in [6, 6.07) is 11.8. The maximum Gasteiger partial charge on any atom is 0.408 e. The highest BCUT2D eigenvalue weighted by Gasteiger charge is 2.27. The van der Waals surface area contributed by atoms with Crippen molar-refractivity contribution >= 4 is 23.0 Å². The van der Waals surface area contributed by atoms with E-state index in [0.717, 1.165) is 22.0 Å². The summed E-state index contributed by atoms with van der Waals surface area (Å²) in [6.07, 6.45) is -0.862. The lowest BCUT2D eigenvalue weighted by molar-refractivity contribution is -0.143. The van der Waals surface area contributed by atoms with Crippen molar-refractivity contribution in [1.82, 2.24) is 9.88 Å². The fraction of sp³-hybridized carbons (Fsp3) is 0.393. The Balaban J connectivity index is 2.09. The van der Waals surface area contributed by atoms with Gasteiger partial charge in [-0.3, -0.25) is 4.79 Å². The van der Waals surface area contributed by atoms with Crippen LogP contribution in [0.1, 0.15) is 37.5 Å². The van der Waals surface area contributed by atoms with Gasteiger partial charge in [-0.15, -0.1) is 0 Å². The number of methoxy groups -OCH3 is 3. The molecular weight excluding hydrogens is 476 g/mol. The van der Waals surface area contributed by atoms with Crippen molar-refractivity contribution in [3.8, 4) is 11.5 Å². The molecule has 1 atom stereocenters.